The summed E-state index contributed by atoms with van der Waals surface area (Å²) in [7, 11) is 1.88. The van der Waals surface area contributed by atoms with Crippen LogP contribution in [0.2, 0.25) is 0 Å². The van der Waals surface area contributed by atoms with Gasteiger partial charge < -0.3 is 15.2 Å². The van der Waals surface area contributed by atoms with Crippen molar-refractivity contribution in [1.82, 2.24) is 15.2 Å². The van der Waals surface area contributed by atoms with E-state index < -0.39 is 17.6 Å². The molecule has 0 saturated heterocycles. The van der Waals surface area contributed by atoms with Crippen molar-refractivity contribution in [3.63, 3.8) is 0 Å². The standard InChI is InChI=1S/C26H21F2N3O2/c1-31-16-18(20-6-3-5-9-24(20)31)14-23(30-25(32)21-7-2-4-8-22(21)28)26(33)29-15-17-10-12-19(27)13-11-17/h2-14,16H,15H2,1H3,(H,29,33)(H,30,32). The number of fused-ring (bicyclic) bond motifs is 1. The van der Waals surface area contributed by atoms with E-state index in [2.05, 4.69) is 10.6 Å². The maximum absolute atomic E-state index is 14.1. The minimum absolute atomic E-state index is 0.0401. The van der Waals surface area contributed by atoms with E-state index in [1.54, 1.807) is 24.3 Å². The molecule has 1 aromatic heterocycles. The Morgan fingerprint density at radius 1 is 0.939 bits per heavy atom. The average Bonchev–Trinajstić information content (AvgIpc) is 3.13. The fraction of sp³-hybridized carbons (Fsp3) is 0.0769. The van der Waals surface area contributed by atoms with Gasteiger partial charge in [0.25, 0.3) is 11.8 Å². The minimum Gasteiger partial charge on any atom is -0.350 e. The lowest BCUT2D eigenvalue weighted by Gasteiger charge is -2.12. The van der Waals surface area contributed by atoms with E-state index in [1.165, 1.54) is 30.3 Å². The summed E-state index contributed by atoms with van der Waals surface area (Å²) in [6, 6.07) is 18.9. The van der Waals surface area contributed by atoms with Crippen molar-refractivity contribution in [2.75, 3.05) is 0 Å². The molecule has 2 N–H and O–H groups in total. The molecule has 0 saturated carbocycles. The van der Waals surface area contributed by atoms with Crippen LogP contribution in [0.5, 0.6) is 0 Å². The Bertz CT molecular complexity index is 1360. The minimum atomic E-state index is -0.739. The number of hydrogen-bond donors (Lipinski definition) is 2. The number of amides is 2. The van der Waals surface area contributed by atoms with E-state index in [4.69, 9.17) is 0 Å². The van der Waals surface area contributed by atoms with E-state index in [9.17, 15) is 18.4 Å². The van der Waals surface area contributed by atoms with Crippen LogP contribution in [0.1, 0.15) is 21.5 Å². The number of aryl methyl sites for hydroxylation is 1. The largest absolute Gasteiger partial charge is 0.350 e. The molecule has 0 radical (unpaired) electrons. The third-order valence-electron chi connectivity index (χ3n) is 5.21. The van der Waals surface area contributed by atoms with Crippen LogP contribution >= 0.6 is 0 Å². The maximum atomic E-state index is 14.1. The summed E-state index contributed by atoms with van der Waals surface area (Å²) in [5, 5.41) is 6.16. The van der Waals surface area contributed by atoms with Crippen molar-refractivity contribution in [3.05, 3.63) is 113 Å². The van der Waals surface area contributed by atoms with Crippen LogP contribution in [-0.4, -0.2) is 16.4 Å². The molecule has 1 heterocycles. The number of carbonyl (C=O) groups excluding carboxylic acids is 2. The molecule has 0 spiro atoms. The van der Waals surface area contributed by atoms with Crippen LogP contribution in [-0.2, 0) is 18.4 Å². The summed E-state index contributed by atoms with van der Waals surface area (Å²) < 4.78 is 29.2. The number of aromatic nitrogens is 1. The monoisotopic (exact) mass is 445 g/mol. The van der Waals surface area contributed by atoms with Gasteiger partial charge in [-0.05, 0) is 42.0 Å². The molecule has 0 aliphatic carbocycles. The first-order valence-electron chi connectivity index (χ1n) is 10.3. The summed E-state index contributed by atoms with van der Waals surface area (Å²) in [6.45, 7) is 0.127. The molecule has 7 heteroatoms. The van der Waals surface area contributed by atoms with E-state index in [0.29, 0.717) is 11.1 Å². The van der Waals surface area contributed by atoms with E-state index >= 15 is 0 Å². The van der Waals surface area contributed by atoms with Gasteiger partial charge in [0.15, 0.2) is 0 Å². The van der Waals surface area contributed by atoms with Gasteiger partial charge in [0, 0.05) is 36.3 Å². The van der Waals surface area contributed by atoms with Crippen LogP contribution in [0, 0.1) is 11.6 Å². The number of rotatable bonds is 6. The highest BCUT2D eigenvalue weighted by atomic mass is 19.1. The molecule has 0 aliphatic heterocycles. The van der Waals surface area contributed by atoms with Gasteiger partial charge in [-0.15, -0.1) is 0 Å². The molecule has 33 heavy (non-hydrogen) atoms. The molecule has 0 bridgehead atoms. The lowest BCUT2D eigenvalue weighted by molar-refractivity contribution is -0.117. The van der Waals surface area contributed by atoms with Crippen molar-refractivity contribution in [3.8, 4) is 0 Å². The topological polar surface area (TPSA) is 63.1 Å². The second kappa shape index (κ2) is 9.48. The third kappa shape index (κ3) is 4.98. The Labute approximate surface area is 189 Å². The third-order valence-corrected chi connectivity index (χ3v) is 5.21. The molecule has 0 fully saturated rings. The highest BCUT2D eigenvalue weighted by Crippen LogP contribution is 2.22. The second-order valence-electron chi connectivity index (χ2n) is 7.51. The molecular weight excluding hydrogens is 424 g/mol. The summed E-state index contributed by atoms with van der Waals surface area (Å²) in [4.78, 5) is 25.7. The lowest BCUT2D eigenvalue weighted by atomic mass is 10.1. The normalized spacial score (nSPS) is 11.4. The summed E-state index contributed by atoms with van der Waals surface area (Å²) >= 11 is 0. The Balaban J connectivity index is 1.65. The maximum Gasteiger partial charge on any atom is 0.268 e. The smallest absolute Gasteiger partial charge is 0.268 e. The van der Waals surface area contributed by atoms with E-state index in [0.717, 1.165) is 10.9 Å². The van der Waals surface area contributed by atoms with Crippen LogP contribution in [0.15, 0.2) is 84.7 Å². The first-order chi connectivity index (χ1) is 15.9. The number of halogens is 2. The molecule has 166 valence electrons. The quantitative estimate of drug-likeness (QED) is 0.428. The van der Waals surface area contributed by atoms with E-state index in [-0.39, 0.29) is 23.6 Å². The van der Waals surface area contributed by atoms with Crippen LogP contribution in [0.3, 0.4) is 0 Å². The number of para-hydroxylation sites is 1. The Morgan fingerprint density at radius 2 is 1.64 bits per heavy atom. The molecular formula is C26H21F2N3O2. The molecule has 0 unspecified atom stereocenters. The van der Waals surface area contributed by atoms with Gasteiger partial charge in [-0.3, -0.25) is 9.59 Å². The van der Waals surface area contributed by atoms with Crippen molar-refractivity contribution < 1.29 is 18.4 Å². The predicted molar refractivity (Wildman–Crippen MR) is 123 cm³/mol. The average molecular weight is 445 g/mol. The van der Waals surface area contributed by atoms with Crippen molar-refractivity contribution >= 4 is 28.8 Å². The molecule has 4 aromatic rings. The Morgan fingerprint density at radius 3 is 2.39 bits per heavy atom. The molecule has 2 amide bonds. The van der Waals surface area contributed by atoms with Gasteiger partial charge in [-0.2, -0.15) is 0 Å². The first kappa shape index (κ1) is 22.0. The van der Waals surface area contributed by atoms with Gasteiger partial charge in [0.2, 0.25) is 0 Å². The molecule has 0 atom stereocenters. The lowest BCUT2D eigenvalue weighted by Crippen LogP contribution is -2.35. The highest BCUT2D eigenvalue weighted by molar-refractivity contribution is 6.06. The number of nitrogens with zero attached hydrogens (tertiary/aromatic N) is 1. The Kier molecular flexibility index (Phi) is 6.31. The fourth-order valence-corrected chi connectivity index (χ4v) is 3.52. The zero-order valence-corrected chi connectivity index (χ0v) is 17.8. The fourth-order valence-electron chi connectivity index (χ4n) is 3.52. The Hall–Kier alpha value is -4.26. The molecule has 0 aliphatic rings. The zero-order chi connectivity index (χ0) is 23.4. The van der Waals surface area contributed by atoms with Gasteiger partial charge >= 0.3 is 0 Å². The second-order valence-corrected chi connectivity index (χ2v) is 7.51. The zero-order valence-electron chi connectivity index (χ0n) is 17.8. The van der Waals surface area contributed by atoms with Crippen LogP contribution < -0.4 is 10.6 Å². The van der Waals surface area contributed by atoms with Crippen LogP contribution in [0.25, 0.3) is 17.0 Å². The summed E-state index contributed by atoms with van der Waals surface area (Å²) in [5.74, 6) is -2.36. The van der Waals surface area contributed by atoms with Crippen molar-refractivity contribution in [2.45, 2.75) is 6.54 Å². The number of nitrogens with one attached hydrogen (secondary N) is 2. The van der Waals surface area contributed by atoms with Gasteiger partial charge in [-0.25, -0.2) is 8.78 Å². The van der Waals surface area contributed by atoms with E-state index in [1.807, 2.05) is 42.1 Å². The highest BCUT2D eigenvalue weighted by Gasteiger charge is 2.18. The molecule has 5 nitrogen and oxygen atoms in total. The summed E-state index contributed by atoms with van der Waals surface area (Å²) in [5.41, 5.74) is 2.15. The molecule has 4 rings (SSSR count). The first-order valence-corrected chi connectivity index (χ1v) is 10.3. The van der Waals surface area contributed by atoms with Crippen molar-refractivity contribution in [1.29, 1.82) is 0 Å². The SMILES string of the molecule is Cn1cc(C=C(NC(=O)c2ccccc2F)C(=O)NCc2ccc(F)cc2)c2ccccc21. The van der Waals surface area contributed by atoms with Gasteiger partial charge in [0.05, 0.1) is 5.56 Å². The predicted octanol–water partition coefficient (Wildman–Crippen LogP) is 4.54. The number of benzene rings is 3. The van der Waals surface area contributed by atoms with Gasteiger partial charge in [-0.1, -0.05) is 42.5 Å². The van der Waals surface area contributed by atoms with Crippen LogP contribution in [0.4, 0.5) is 8.78 Å². The number of carbonyl (C=O) groups is 2. The summed E-state index contributed by atoms with van der Waals surface area (Å²) in [6.07, 6.45) is 3.40. The molecule has 3 aromatic carbocycles. The van der Waals surface area contributed by atoms with Crippen molar-refractivity contribution in [2.24, 2.45) is 7.05 Å². The van der Waals surface area contributed by atoms with Gasteiger partial charge in [0.1, 0.15) is 17.3 Å². The number of hydrogen-bond acceptors (Lipinski definition) is 2.